The molecule has 0 aliphatic carbocycles. The number of aromatic nitrogens is 3. The van der Waals surface area contributed by atoms with Gasteiger partial charge in [-0.15, -0.1) is 10.2 Å². The normalized spacial score (nSPS) is 16.9. The Labute approximate surface area is 191 Å². The Morgan fingerprint density at radius 3 is 2.24 bits per heavy atom. The van der Waals surface area contributed by atoms with E-state index in [2.05, 4.69) is 20.1 Å². The van der Waals surface area contributed by atoms with Crippen LogP contribution in [0.5, 0.6) is 0 Å². The van der Waals surface area contributed by atoms with Crippen LogP contribution in [-0.2, 0) is 22.4 Å². The van der Waals surface area contributed by atoms with Crippen molar-refractivity contribution >= 4 is 11.8 Å². The first kappa shape index (κ1) is 23.0. The molecule has 0 saturated carbocycles. The molecule has 4 rings (SSSR count). The van der Waals surface area contributed by atoms with Crippen molar-refractivity contribution in [3.63, 3.8) is 0 Å². The van der Waals surface area contributed by atoms with Gasteiger partial charge in [-0.2, -0.15) is 0 Å². The first-order chi connectivity index (χ1) is 16.0. The molecule has 1 N–H and O–H groups in total. The minimum atomic E-state index is -0.361. The second kappa shape index (κ2) is 10.7. The van der Waals surface area contributed by atoms with Crippen LogP contribution in [0.4, 0.5) is 4.39 Å². The van der Waals surface area contributed by atoms with E-state index in [1.165, 1.54) is 12.1 Å². The van der Waals surface area contributed by atoms with Gasteiger partial charge in [0.15, 0.2) is 0 Å². The van der Waals surface area contributed by atoms with Gasteiger partial charge in [0.25, 0.3) is 5.56 Å². The number of rotatable bonds is 7. The molecule has 0 bridgehead atoms. The lowest BCUT2D eigenvalue weighted by Gasteiger charge is -2.35. The number of aromatic amines is 1. The van der Waals surface area contributed by atoms with Crippen LogP contribution >= 0.6 is 0 Å². The van der Waals surface area contributed by atoms with E-state index < -0.39 is 0 Å². The number of nitrogens with one attached hydrogen (secondary N) is 1. The Hall–Kier alpha value is -3.14. The number of likely N-dealkylation sites (tertiary alicyclic amines) is 1. The molecule has 0 spiro atoms. The molecule has 2 aromatic rings. The van der Waals surface area contributed by atoms with E-state index in [0.29, 0.717) is 45.0 Å². The monoisotopic (exact) mass is 456 g/mol. The molecule has 1 aromatic heterocycles. The van der Waals surface area contributed by atoms with Crippen LogP contribution in [-0.4, -0.2) is 87.5 Å². The smallest absolute Gasteiger partial charge is 0.272 e. The summed E-state index contributed by atoms with van der Waals surface area (Å²) in [5.74, 6) is 0.210. The molecule has 0 atom stereocenters. The van der Waals surface area contributed by atoms with Crippen molar-refractivity contribution in [1.29, 1.82) is 0 Å². The second-order valence-corrected chi connectivity index (χ2v) is 8.60. The number of aryl methyl sites for hydroxylation is 1. The highest BCUT2D eigenvalue weighted by Crippen LogP contribution is 2.10. The van der Waals surface area contributed by atoms with E-state index in [9.17, 15) is 18.8 Å². The summed E-state index contributed by atoms with van der Waals surface area (Å²) in [5.41, 5.74) is 0.673. The van der Waals surface area contributed by atoms with Crippen LogP contribution in [0, 0.1) is 5.82 Å². The maximum absolute atomic E-state index is 13.0. The number of piperazine rings is 1. The van der Waals surface area contributed by atoms with Gasteiger partial charge in [0, 0.05) is 58.5 Å². The minimum absolute atomic E-state index is 0.0305. The van der Waals surface area contributed by atoms with Crippen molar-refractivity contribution in [2.45, 2.75) is 32.1 Å². The van der Waals surface area contributed by atoms with Gasteiger partial charge in [-0.1, -0.05) is 12.1 Å². The lowest BCUT2D eigenvalue weighted by atomic mass is 10.1. The molecule has 0 radical (unpaired) electrons. The van der Waals surface area contributed by atoms with Crippen molar-refractivity contribution < 1.29 is 14.0 Å². The molecule has 9 nitrogen and oxygen atoms in total. The molecule has 2 aliphatic rings. The first-order valence-corrected chi connectivity index (χ1v) is 11.4. The van der Waals surface area contributed by atoms with E-state index >= 15 is 0 Å². The van der Waals surface area contributed by atoms with E-state index in [0.717, 1.165) is 31.5 Å². The van der Waals surface area contributed by atoms with Crippen molar-refractivity contribution in [2.75, 3.05) is 45.8 Å². The first-order valence-electron chi connectivity index (χ1n) is 11.4. The van der Waals surface area contributed by atoms with Gasteiger partial charge in [-0.05, 0) is 30.5 Å². The molecule has 176 valence electrons. The van der Waals surface area contributed by atoms with Crippen molar-refractivity contribution in [3.8, 4) is 0 Å². The third kappa shape index (κ3) is 6.22. The van der Waals surface area contributed by atoms with E-state index in [1.807, 2.05) is 4.90 Å². The van der Waals surface area contributed by atoms with Crippen molar-refractivity contribution in [3.05, 3.63) is 57.5 Å². The zero-order valence-corrected chi connectivity index (χ0v) is 18.6. The van der Waals surface area contributed by atoms with Crippen LogP contribution in [0.15, 0.2) is 29.1 Å². The molecule has 2 saturated heterocycles. The zero-order chi connectivity index (χ0) is 23.2. The zero-order valence-electron chi connectivity index (χ0n) is 18.6. The van der Waals surface area contributed by atoms with Gasteiger partial charge in [0.1, 0.15) is 17.3 Å². The highest BCUT2D eigenvalue weighted by atomic mass is 19.1. The number of hydrogen-bond donors (Lipinski definition) is 1. The van der Waals surface area contributed by atoms with Crippen LogP contribution in [0.3, 0.4) is 0 Å². The molecular weight excluding hydrogens is 427 g/mol. The summed E-state index contributed by atoms with van der Waals surface area (Å²) in [5, 5.41) is 8.05. The van der Waals surface area contributed by atoms with Crippen molar-refractivity contribution in [2.24, 2.45) is 0 Å². The Morgan fingerprint density at radius 2 is 1.58 bits per heavy atom. The summed E-state index contributed by atoms with van der Waals surface area (Å²) in [4.78, 5) is 45.7. The molecule has 3 heterocycles. The molecule has 1 aromatic carbocycles. The highest BCUT2D eigenvalue weighted by molar-refractivity contribution is 5.79. The number of amides is 2. The highest BCUT2D eigenvalue weighted by Gasteiger charge is 2.25. The number of benzene rings is 1. The largest absolute Gasteiger partial charge is 0.342 e. The Kier molecular flexibility index (Phi) is 7.43. The van der Waals surface area contributed by atoms with Crippen molar-refractivity contribution in [1.82, 2.24) is 29.9 Å². The Bertz CT molecular complexity index is 1030. The number of hydrogen-bond acceptors (Lipinski definition) is 6. The molecule has 0 unspecified atom stereocenters. The molecule has 2 fully saturated rings. The average Bonchev–Trinajstić information content (AvgIpc) is 3.36. The number of carbonyl (C=O) groups excluding carboxylic acids is 2. The fourth-order valence-electron chi connectivity index (χ4n) is 4.23. The van der Waals surface area contributed by atoms with E-state index in [1.54, 1.807) is 17.0 Å². The van der Waals surface area contributed by atoms with Crippen LogP contribution in [0.2, 0.25) is 0 Å². The maximum Gasteiger partial charge on any atom is 0.272 e. The Balaban J connectivity index is 1.22. The molecule has 33 heavy (non-hydrogen) atoms. The molecule has 2 aliphatic heterocycles. The standard InChI is InChI=1S/C23H29FN6O3/c24-18-5-3-17(4-6-18)15-20-25-23(33)19(26-27-20)7-8-21(31)30-13-11-28(12-14-30)16-22(32)29-9-1-2-10-29/h3-6H,1-2,7-16H2,(H,25,27,33). The van der Waals surface area contributed by atoms with E-state index in [4.69, 9.17) is 0 Å². The minimum Gasteiger partial charge on any atom is -0.342 e. The van der Waals surface area contributed by atoms with Gasteiger partial charge in [0.05, 0.1) is 6.54 Å². The summed E-state index contributed by atoms with van der Waals surface area (Å²) in [6, 6.07) is 5.96. The number of halogens is 1. The average molecular weight is 457 g/mol. The van der Waals surface area contributed by atoms with Gasteiger partial charge >= 0.3 is 0 Å². The SMILES string of the molecule is O=C(CCc1nnc(Cc2ccc(F)cc2)[nH]c1=O)N1CCN(CC(=O)N2CCCC2)CC1. The second-order valence-electron chi connectivity index (χ2n) is 8.60. The number of nitrogens with zero attached hydrogens (tertiary/aromatic N) is 5. The third-order valence-electron chi connectivity index (χ3n) is 6.21. The molecule has 10 heteroatoms. The summed E-state index contributed by atoms with van der Waals surface area (Å²) in [6.45, 7) is 4.61. The molecule has 2 amide bonds. The quantitative estimate of drug-likeness (QED) is 0.655. The lowest BCUT2D eigenvalue weighted by Crippen LogP contribution is -2.51. The summed E-state index contributed by atoms with van der Waals surface area (Å²) >= 11 is 0. The van der Waals surface area contributed by atoms with Crippen LogP contribution < -0.4 is 5.56 Å². The maximum atomic E-state index is 13.0. The predicted molar refractivity (Wildman–Crippen MR) is 119 cm³/mol. The Morgan fingerprint density at radius 1 is 0.909 bits per heavy atom. The van der Waals surface area contributed by atoms with Crippen LogP contribution in [0.1, 0.15) is 36.3 Å². The van der Waals surface area contributed by atoms with Gasteiger partial charge in [-0.3, -0.25) is 19.3 Å². The van der Waals surface area contributed by atoms with Crippen LogP contribution in [0.25, 0.3) is 0 Å². The fraction of sp³-hybridized carbons (Fsp3) is 0.522. The van der Waals surface area contributed by atoms with Gasteiger partial charge < -0.3 is 14.8 Å². The summed E-state index contributed by atoms with van der Waals surface area (Å²) < 4.78 is 13.0. The fourth-order valence-corrected chi connectivity index (χ4v) is 4.23. The summed E-state index contributed by atoms with van der Waals surface area (Å²) in [7, 11) is 0. The number of H-pyrrole nitrogens is 1. The van der Waals surface area contributed by atoms with Gasteiger partial charge in [-0.25, -0.2) is 4.39 Å². The lowest BCUT2D eigenvalue weighted by molar-refractivity contribution is -0.134. The van der Waals surface area contributed by atoms with E-state index in [-0.39, 0.29) is 41.7 Å². The molecular formula is C23H29FN6O3. The summed E-state index contributed by atoms with van der Waals surface area (Å²) in [6.07, 6.45) is 2.90. The predicted octanol–water partition coefficient (Wildman–Crippen LogP) is 0.594. The topological polar surface area (TPSA) is 102 Å². The third-order valence-corrected chi connectivity index (χ3v) is 6.21. The van der Waals surface area contributed by atoms with Gasteiger partial charge in [0.2, 0.25) is 11.8 Å². The number of carbonyl (C=O) groups is 2.